The molecule has 3 aromatic carbocycles. The summed E-state index contributed by atoms with van der Waals surface area (Å²) < 4.78 is 19.5. The molecule has 1 fully saturated rings. The molecule has 4 aromatic rings. The zero-order chi connectivity index (χ0) is 27.4. The molecule has 0 radical (unpaired) electrons. The highest BCUT2D eigenvalue weighted by atomic mass is 35.5. The molecule has 0 N–H and O–H groups in total. The zero-order valence-electron chi connectivity index (χ0n) is 21.4. The summed E-state index contributed by atoms with van der Waals surface area (Å²) in [5.41, 5.74) is 4.00. The van der Waals surface area contributed by atoms with Gasteiger partial charge in [-0.15, -0.1) is 0 Å². The predicted molar refractivity (Wildman–Crippen MR) is 149 cm³/mol. The first-order chi connectivity index (χ1) is 18.9. The second-order valence-electron chi connectivity index (χ2n) is 9.77. The summed E-state index contributed by atoms with van der Waals surface area (Å²) in [7, 11) is 0. The van der Waals surface area contributed by atoms with Crippen molar-refractivity contribution in [2.75, 3.05) is 13.1 Å². The van der Waals surface area contributed by atoms with Crippen LogP contribution in [-0.4, -0.2) is 35.0 Å². The molecule has 39 heavy (non-hydrogen) atoms. The van der Waals surface area contributed by atoms with Crippen LogP contribution in [0.5, 0.6) is 5.88 Å². The van der Waals surface area contributed by atoms with Gasteiger partial charge in [-0.1, -0.05) is 48.0 Å². The number of hydrogen-bond acceptors (Lipinski definition) is 4. The first-order valence-electron chi connectivity index (χ1n) is 12.8. The lowest BCUT2D eigenvalue weighted by Crippen LogP contribution is -2.46. The van der Waals surface area contributed by atoms with Crippen molar-refractivity contribution in [1.82, 2.24) is 9.88 Å². The Bertz CT molecular complexity index is 1470. The van der Waals surface area contributed by atoms with Crippen LogP contribution in [-0.2, 0) is 0 Å². The third-order valence-corrected chi connectivity index (χ3v) is 7.59. The Morgan fingerprint density at radius 3 is 2.31 bits per heavy atom. The lowest BCUT2D eigenvalue weighted by Gasteiger charge is -2.41. The summed E-state index contributed by atoms with van der Waals surface area (Å²) in [6, 6.07) is 27.0. The number of nitrogens with zero attached hydrogens (tertiary/aromatic N) is 3. The Balaban J connectivity index is 1.34. The van der Waals surface area contributed by atoms with E-state index in [1.807, 2.05) is 60.4 Å². The van der Waals surface area contributed by atoms with Crippen LogP contribution in [0.15, 0.2) is 91.1 Å². The zero-order valence-corrected chi connectivity index (χ0v) is 22.2. The van der Waals surface area contributed by atoms with Crippen LogP contribution in [0.4, 0.5) is 4.39 Å². The number of ether oxygens (including phenoxy) is 1. The molecule has 1 saturated heterocycles. The second kappa shape index (κ2) is 11.7. The van der Waals surface area contributed by atoms with Crippen molar-refractivity contribution >= 4 is 17.5 Å². The minimum atomic E-state index is -0.280. The molecule has 0 saturated carbocycles. The van der Waals surface area contributed by atoms with Gasteiger partial charge >= 0.3 is 0 Å². The van der Waals surface area contributed by atoms with Gasteiger partial charge in [0.1, 0.15) is 18.0 Å². The summed E-state index contributed by atoms with van der Waals surface area (Å²) in [5, 5.41) is 9.70. The fraction of sp³-hybridized carbons (Fsp3) is 0.219. The molecule has 196 valence electrons. The average Bonchev–Trinajstić information content (AvgIpc) is 2.98. The molecule has 0 bridgehead atoms. The molecule has 1 aliphatic rings. The molecule has 5 nitrogen and oxygen atoms in total. The third kappa shape index (κ3) is 6.10. The van der Waals surface area contributed by atoms with E-state index in [-0.39, 0.29) is 29.7 Å². The van der Waals surface area contributed by atoms with Crippen LogP contribution in [0, 0.1) is 23.1 Å². The van der Waals surface area contributed by atoms with Crippen LogP contribution in [0.3, 0.4) is 0 Å². The van der Waals surface area contributed by atoms with Crippen LogP contribution < -0.4 is 4.74 Å². The van der Waals surface area contributed by atoms with Crippen LogP contribution in [0.2, 0.25) is 5.02 Å². The maximum Gasteiger partial charge on any atom is 0.253 e. The minimum absolute atomic E-state index is 0.0274. The standard InChI is InChI=1S/C32H27ClFN3O2/c1-21(39-31-15-2-22(18-35)19-36-31)29-16-17-37(20-30(29)25-7-11-27(33)12-8-25)32(38)26-5-3-23(4-6-26)24-9-13-28(34)14-10-24/h2-15,19,21,29-30H,16-17,20H2,1H3. The first-order valence-corrected chi connectivity index (χ1v) is 13.2. The lowest BCUT2D eigenvalue weighted by molar-refractivity contribution is 0.0484. The molecule has 1 amide bonds. The van der Waals surface area contributed by atoms with Gasteiger partial charge in [-0.05, 0) is 72.5 Å². The van der Waals surface area contributed by atoms with E-state index in [4.69, 9.17) is 21.6 Å². The number of carbonyl (C=O) groups excluding carboxylic acids is 1. The van der Waals surface area contributed by atoms with Gasteiger partial charge in [0.15, 0.2) is 0 Å². The topological polar surface area (TPSA) is 66.2 Å². The minimum Gasteiger partial charge on any atom is -0.474 e. The number of amides is 1. The van der Waals surface area contributed by atoms with Gasteiger partial charge in [0, 0.05) is 47.8 Å². The number of likely N-dealkylation sites (tertiary alicyclic amines) is 1. The fourth-order valence-corrected chi connectivity index (χ4v) is 5.33. The monoisotopic (exact) mass is 539 g/mol. The lowest BCUT2D eigenvalue weighted by atomic mass is 9.77. The highest BCUT2D eigenvalue weighted by molar-refractivity contribution is 6.30. The average molecular weight is 540 g/mol. The van der Waals surface area contributed by atoms with Gasteiger partial charge in [0.05, 0.1) is 5.56 Å². The van der Waals surface area contributed by atoms with E-state index in [0.29, 0.717) is 35.1 Å². The summed E-state index contributed by atoms with van der Waals surface area (Å²) in [4.78, 5) is 19.7. The number of hydrogen-bond donors (Lipinski definition) is 0. The number of rotatable bonds is 6. The van der Waals surface area contributed by atoms with Gasteiger partial charge < -0.3 is 9.64 Å². The quantitative estimate of drug-likeness (QED) is 0.261. The van der Waals surface area contributed by atoms with Crippen molar-refractivity contribution in [1.29, 1.82) is 5.26 Å². The van der Waals surface area contributed by atoms with Crippen molar-refractivity contribution in [2.45, 2.75) is 25.4 Å². The van der Waals surface area contributed by atoms with E-state index in [1.54, 1.807) is 24.3 Å². The van der Waals surface area contributed by atoms with E-state index in [0.717, 1.165) is 23.1 Å². The van der Waals surface area contributed by atoms with Gasteiger partial charge in [0.25, 0.3) is 5.91 Å². The number of halogens is 2. The summed E-state index contributed by atoms with van der Waals surface area (Å²) >= 11 is 6.17. The highest BCUT2D eigenvalue weighted by Gasteiger charge is 2.37. The molecule has 5 rings (SSSR count). The van der Waals surface area contributed by atoms with Gasteiger partial charge in [-0.3, -0.25) is 4.79 Å². The highest BCUT2D eigenvalue weighted by Crippen LogP contribution is 2.37. The maximum atomic E-state index is 13.5. The van der Waals surface area contributed by atoms with E-state index in [1.165, 1.54) is 18.3 Å². The van der Waals surface area contributed by atoms with Gasteiger partial charge in [-0.25, -0.2) is 9.37 Å². The molecular formula is C32H27ClFN3O2. The molecule has 3 unspecified atom stereocenters. The Morgan fingerprint density at radius 2 is 1.69 bits per heavy atom. The predicted octanol–water partition coefficient (Wildman–Crippen LogP) is 7.13. The molecule has 1 aromatic heterocycles. The number of pyridine rings is 1. The number of carbonyl (C=O) groups is 1. The van der Waals surface area contributed by atoms with E-state index >= 15 is 0 Å². The first kappa shape index (κ1) is 26.4. The van der Waals surface area contributed by atoms with Crippen molar-refractivity contribution < 1.29 is 13.9 Å². The fourth-order valence-electron chi connectivity index (χ4n) is 5.20. The van der Waals surface area contributed by atoms with Crippen molar-refractivity contribution in [3.05, 3.63) is 119 Å². The largest absolute Gasteiger partial charge is 0.474 e. The maximum absolute atomic E-state index is 13.5. The Hall–Kier alpha value is -4.21. The molecule has 3 atom stereocenters. The molecule has 7 heteroatoms. The van der Waals surface area contributed by atoms with Crippen LogP contribution in [0.1, 0.15) is 40.7 Å². The normalized spacial score (nSPS) is 17.7. The Morgan fingerprint density at radius 1 is 1.03 bits per heavy atom. The van der Waals surface area contributed by atoms with Gasteiger partial charge in [0.2, 0.25) is 5.88 Å². The third-order valence-electron chi connectivity index (χ3n) is 7.34. The Labute approximate surface area is 232 Å². The van der Waals surface area contributed by atoms with E-state index < -0.39 is 0 Å². The van der Waals surface area contributed by atoms with Gasteiger partial charge in [-0.2, -0.15) is 5.26 Å². The van der Waals surface area contributed by atoms with E-state index in [2.05, 4.69) is 11.1 Å². The molecule has 2 heterocycles. The van der Waals surface area contributed by atoms with Crippen molar-refractivity contribution in [2.24, 2.45) is 5.92 Å². The molecule has 1 aliphatic heterocycles. The van der Waals surface area contributed by atoms with Crippen LogP contribution in [0.25, 0.3) is 11.1 Å². The summed E-state index contributed by atoms with van der Waals surface area (Å²) in [5.74, 6) is 0.328. The molecular weight excluding hydrogens is 513 g/mol. The number of aromatic nitrogens is 1. The van der Waals surface area contributed by atoms with E-state index in [9.17, 15) is 9.18 Å². The molecule has 0 spiro atoms. The summed E-state index contributed by atoms with van der Waals surface area (Å²) in [6.45, 7) is 3.17. The second-order valence-corrected chi connectivity index (χ2v) is 10.2. The van der Waals surface area contributed by atoms with Crippen molar-refractivity contribution in [3.8, 4) is 23.1 Å². The number of benzene rings is 3. The number of piperidine rings is 1. The molecule has 0 aliphatic carbocycles. The number of nitriles is 1. The smallest absolute Gasteiger partial charge is 0.253 e. The SMILES string of the molecule is CC(Oc1ccc(C#N)cn1)C1CCN(C(=O)c2ccc(-c3ccc(F)cc3)cc2)CC1c1ccc(Cl)cc1. The Kier molecular flexibility index (Phi) is 7.90. The van der Waals surface area contributed by atoms with Crippen molar-refractivity contribution in [3.63, 3.8) is 0 Å². The van der Waals surface area contributed by atoms with Crippen LogP contribution >= 0.6 is 11.6 Å². The summed E-state index contributed by atoms with van der Waals surface area (Å²) in [6.07, 6.45) is 2.09.